The zero-order valence-electron chi connectivity index (χ0n) is 8.85. The highest BCUT2D eigenvalue weighted by molar-refractivity contribution is 7.99. The van der Waals surface area contributed by atoms with Crippen LogP contribution in [0.3, 0.4) is 0 Å². The summed E-state index contributed by atoms with van der Waals surface area (Å²) in [6, 6.07) is 3.88. The number of nitriles is 1. The van der Waals surface area contributed by atoms with E-state index >= 15 is 0 Å². The lowest BCUT2D eigenvalue weighted by Gasteiger charge is -2.03. The first-order chi connectivity index (χ1) is 7.63. The smallest absolute Gasteiger partial charge is 0.262 e. The standard InChI is InChI=1S/C10H9N3OS2/c1-6-5-7-8(16-6)12-10(15-4-3-11)13(2)9(7)14/h5H,4H2,1-2H3. The van der Waals surface area contributed by atoms with Gasteiger partial charge in [0.25, 0.3) is 5.56 Å². The Bertz CT molecular complexity index is 636. The van der Waals surface area contributed by atoms with Gasteiger partial charge >= 0.3 is 0 Å². The Labute approximate surface area is 101 Å². The van der Waals surface area contributed by atoms with Crippen molar-refractivity contribution < 1.29 is 0 Å². The van der Waals surface area contributed by atoms with E-state index in [1.54, 1.807) is 7.05 Å². The number of hydrogen-bond donors (Lipinski definition) is 0. The van der Waals surface area contributed by atoms with Gasteiger partial charge in [-0.25, -0.2) is 4.98 Å². The van der Waals surface area contributed by atoms with E-state index in [1.165, 1.54) is 27.7 Å². The van der Waals surface area contributed by atoms with E-state index in [-0.39, 0.29) is 5.56 Å². The van der Waals surface area contributed by atoms with Crippen LogP contribution in [-0.4, -0.2) is 15.3 Å². The number of aryl methyl sites for hydroxylation is 1. The summed E-state index contributed by atoms with van der Waals surface area (Å²) in [5.74, 6) is 0.302. The molecule has 0 saturated heterocycles. The number of rotatable bonds is 2. The molecule has 0 aliphatic rings. The van der Waals surface area contributed by atoms with Crippen molar-refractivity contribution in [2.45, 2.75) is 12.1 Å². The van der Waals surface area contributed by atoms with Crippen molar-refractivity contribution in [3.8, 4) is 6.07 Å². The molecule has 0 atom stereocenters. The van der Waals surface area contributed by atoms with Gasteiger partial charge in [0.15, 0.2) is 5.16 Å². The van der Waals surface area contributed by atoms with Gasteiger partial charge in [0, 0.05) is 11.9 Å². The number of thiophene rings is 1. The summed E-state index contributed by atoms with van der Waals surface area (Å²) in [6.07, 6.45) is 0. The fraction of sp³-hybridized carbons (Fsp3) is 0.300. The second-order valence-corrected chi connectivity index (χ2v) is 5.46. The van der Waals surface area contributed by atoms with Gasteiger partial charge in [-0.1, -0.05) is 11.8 Å². The summed E-state index contributed by atoms with van der Waals surface area (Å²) in [6.45, 7) is 1.95. The van der Waals surface area contributed by atoms with Gasteiger partial charge in [0.05, 0.1) is 17.2 Å². The monoisotopic (exact) mass is 251 g/mol. The highest BCUT2D eigenvalue weighted by Gasteiger charge is 2.10. The molecule has 0 aliphatic heterocycles. The van der Waals surface area contributed by atoms with Gasteiger partial charge in [-0.3, -0.25) is 9.36 Å². The quantitative estimate of drug-likeness (QED) is 0.604. The summed E-state index contributed by atoms with van der Waals surface area (Å²) in [5.41, 5.74) is -0.0465. The van der Waals surface area contributed by atoms with Gasteiger partial charge in [-0.2, -0.15) is 5.26 Å². The van der Waals surface area contributed by atoms with Crippen LogP contribution in [0.4, 0.5) is 0 Å². The molecule has 4 nitrogen and oxygen atoms in total. The Balaban J connectivity index is 2.64. The normalized spacial score (nSPS) is 10.6. The lowest BCUT2D eigenvalue weighted by Crippen LogP contribution is -2.19. The maximum absolute atomic E-state index is 12.0. The predicted molar refractivity (Wildman–Crippen MR) is 65.9 cm³/mol. The number of nitrogens with zero attached hydrogens (tertiary/aromatic N) is 3. The molecular weight excluding hydrogens is 242 g/mol. The summed E-state index contributed by atoms with van der Waals surface area (Å²) in [4.78, 5) is 18.2. The minimum absolute atomic E-state index is 0.0465. The summed E-state index contributed by atoms with van der Waals surface area (Å²) in [5, 5.41) is 9.78. The molecule has 2 aromatic rings. The largest absolute Gasteiger partial charge is 0.290 e. The van der Waals surface area contributed by atoms with Crippen LogP contribution in [0.1, 0.15) is 4.88 Å². The zero-order valence-corrected chi connectivity index (χ0v) is 10.5. The number of thioether (sulfide) groups is 1. The highest BCUT2D eigenvalue weighted by atomic mass is 32.2. The Kier molecular flexibility index (Phi) is 2.99. The first kappa shape index (κ1) is 11.2. The molecule has 82 valence electrons. The van der Waals surface area contributed by atoms with Crippen LogP contribution in [0.5, 0.6) is 0 Å². The fourth-order valence-electron chi connectivity index (χ4n) is 1.39. The third kappa shape index (κ3) is 1.84. The Morgan fingerprint density at radius 3 is 3.12 bits per heavy atom. The molecule has 0 spiro atoms. The van der Waals surface area contributed by atoms with E-state index in [0.717, 1.165) is 9.71 Å². The van der Waals surface area contributed by atoms with Crippen LogP contribution in [-0.2, 0) is 7.05 Å². The zero-order chi connectivity index (χ0) is 11.7. The topological polar surface area (TPSA) is 58.7 Å². The van der Waals surface area contributed by atoms with Crippen molar-refractivity contribution in [2.75, 3.05) is 5.75 Å². The van der Waals surface area contributed by atoms with Gasteiger partial charge in [-0.05, 0) is 13.0 Å². The number of hydrogen-bond acceptors (Lipinski definition) is 5. The number of fused-ring (bicyclic) bond motifs is 1. The maximum atomic E-state index is 12.0. The third-order valence-corrected chi connectivity index (χ3v) is 3.96. The van der Waals surface area contributed by atoms with E-state index in [2.05, 4.69) is 4.98 Å². The maximum Gasteiger partial charge on any atom is 0.262 e. The van der Waals surface area contributed by atoms with E-state index in [4.69, 9.17) is 5.26 Å². The van der Waals surface area contributed by atoms with E-state index in [9.17, 15) is 4.79 Å². The first-order valence-electron chi connectivity index (χ1n) is 4.60. The van der Waals surface area contributed by atoms with Crippen molar-refractivity contribution >= 4 is 33.3 Å². The second-order valence-electron chi connectivity index (χ2n) is 3.28. The van der Waals surface area contributed by atoms with Crippen LogP contribution < -0.4 is 5.56 Å². The van der Waals surface area contributed by atoms with Gasteiger partial charge in [-0.15, -0.1) is 11.3 Å². The lowest BCUT2D eigenvalue weighted by molar-refractivity contribution is 0.729. The molecule has 0 saturated carbocycles. The van der Waals surface area contributed by atoms with Crippen LogP contribution in [0, 0.1) is 18.3 Å². The van der Waals surface area contributed by atoms with Crippen molar-refractivity contribution in [2.24, 2.45) is 7.05 Å². The molecule has 2 heterocycles. The molecular formula is C10H9N3OS2. The Morgan fingerprint density at radius 2 is 2.44 bits per heavy atom. The highest BCUT2D eigenvalue weighted by Crippen LogP contribution is 2.23. The van der Waals surface area contributed by atoms with Crippen LogP contribution in [0.15, 0.2) is 16.0 Å². The minimum Gasteiger partial charge on any atom is -0.290 e. The molecule has 2 rings (SSSR count). The minimum atomic E-state index is -0.0465. The molecule has 0 aliphatic carbocycles. The molecule has 0 unspecified atom stereocenters. The molecule has 16 heavy (non-hydrogen) atoms. The summed E-state index contributed by atoms with van der Waals surface area (Å²) >= 11 is 2.78. The Morgan fingerprint density at radius 1 is 1.69 bits per heavy atom. The van der Waals surface area contributed by atoms with Gasteiger partial charge in [0.2, 0.25) is 0 Å². The van der Waals surface area contributed by atoms with Crippen molar-refractivity contribution in [3.63, 3.8) is 0 Å². The fourth-order valence-corrected chi connectivity index (χ4v) is 2.95. The van der Waals surface area contributed by atoms with E-state index in [1.807, 2.05) is 19.1 Å². The molecule has 0 aromatic carbocycles. The van der Waals surface area contributed by atoms with Crippen LogP contribution in [0.2, 0.25) is 0 Å². The molecule has 0 amide bonds. The molecule has 6 heteroatoms. The van der Waals surface area contributed by atoms with E-state index in [0.29, 0.717) is 16.3 Å². The van der Waals surface area contributed by atoms with E-state index < -0.39 is 0 Å². The SMILES string of the molecule is Cc1cc2c(=O)n(C)c(SCC#N)nc2s1. The lowest BCUT2D eigenvalue weighted by atomic mass is 10.4. The molecule has 2 aromatic heterocycles. The van der Waals surface area contributed by atoms with Crippen molar-refractivity contribution in [3.05, 3.63) is 21.3 Å². The van der Waals surface area contributed by atoms with Crippen molar-refractivity contribution in [1.82, 2.24) is 9.55 Å². The first-order valence-corrected chi connectivity index (χ1v) is 6.40. The Hall–Kier alpha value is -1.32. The molecule has 0 fully saturated rings. The second kappa shape index (κ2) is 4.28. The van der Waals surface area contributed by atoms with Gasteiger partial charge < -0.3 is 0 Å². The molecule has 0 N–H and O–H groups in total. The third-order valence-electron chi connectivity index (χ3n) is 2.12. The average Bonchev–Trinajstić information content (AvgIpc) is 2.62. The summed E-state index contributed by atoms with van der Waals surface area (Å²) < 4.78 is 1.50. The molecule has 0 radical (unpaired) electrons. The van der Waals surface area contributed by atoms with Crippen LogP contribution >= 0.6 is 23.1 Å². The van der Waals surface area contributed by atoms with Gasteiger partial charge in [0.1, 0.15) is 4.83 Å². The molecule has 0 bridgehead atoms. The number of aromatic nitrogens is 2. The summed E-state index contributed by atoms with van der Waals surface area (Å²) in [7, 11) is 1.68. The van der Waals surface area contributed by atoms with Crippen molar-refractivity contribution in [1.29, 1.82) is 5.26 Å². The van der Waals surface area contributed by atoms with Crippen LogP contribution in [0.25, 0.3) is 10.2 Å². The average molecular weight is 251 g/mol. The predicted octanol–water partition coefficient (Wildman–Crippen LogP) is 1.92.